The maximum atomic E-state index is 4.67. The van der Waals surface area contributed by atoms with E-state index >= 15 is 0 Å². The van der Waals surface area contributed by atoms with Crippen molar-refractivity contribution in [2.75, 3.05) is 6.54 Å². The Hall–Kier alpha value is -1.26. The van der Waals surface area contributed by atoms with Crippen molar-refractivity contribution in [3.63, 3.8) is 0 Å². The van der Waals surface area contributed by atoms with Gasteiger partial charge in [-0.3, -0.25) is 0 Å². The fraction of sp³-hybridized carbons (Fsp3) is 0.500. The molecule has 0 aliphatic rings. The first-order chi connectivity index (χ1) is 9.56. The second-order valence-electron chi connectivity index (χ2n) is 5.40. The van der Waals surface area contributed by atoms with Gasteiger partial charge in [0.05, 0.1) is 0 Å². The summed E-state index contributed by atoms with van der Waals surface area (Å²) < 4.78 is 0. The molecule has 0 unspecified atom stereocenters. The molecule has 0 amide bonds. The molecule has 0 spiro atoms. The third-order valence-corrected chi connectivity index (χ3v) is 4.18. The van der Waals surface area contributed by atoms with Crippen LogP contribution in [0.15, 0.2) is 17.5 Å². The van der Waals surface area contributed by atoms with Crippen LogP contribution in [0.3, 0.4) is 0 Å². The molecule has 2 rings (SSSR count). The fourth-order valence-corrected chi connectivity index (χ4v) is 3.01. The molecule has 0 aliphatic carbocycles. The minimum absolute atomic E-state index is 0.523. The molecule has 2 heterocycles. The van der Waals surface area contributed by atoms with Crippen LogP contribution < -0.4 is 5.32 Å². The number of thiophene rings is 1. The minimum atomic E-state index is 0.523. The highest BCUT2D eigenvalue weighted by Gasteiger charge is 2.09. The summed E-state index contributed by atoms with van der Waals surface area (Å²) >= 11 is 1.76. The molecule has 0 atom stereocenters. The van der Waals surface area contributed by atoms with Crippen molar-refractivity contribution in [2.45, 2.75) is 46.6 Å². The first-order valence-corrected chi connectivity index (χ1v) is 8.03. The Morgan fingerprint density at radius 1 is 1.20 bits per heavy atom. The highest BCUT2D eigenvalue weighted by atomic mass is 32.1. The Bertz CT molecular complexity index is 524. The molecule has 2 aromatic heterocycles. The van der Waals surface area contributed by atoms with E-state index in [9.17, 15) is 0 Å². The van der Waals surface area contributed by atoms with Gasteiger partial charge in [-0.25, -0.2) is 9.97 Å². The molecular weight excluding hydrogens is 266 g/mol. The van der Waals surface area contributed by atoms with Gasteiger partial charge >= 0.3 is 0 Å². The van der Waals surface area contributed by atoms with E-state index in [-0.39, 0.29) is 0 Å². The van der Waals surface area contributed by atoms with Crippen LogP contribution in [0.1, 0.15) is 41.5 Å². The maximum Gasteiger partial charge on any atom is 0.134 e. The van der Waals surface area contributed by atoms with E-state index in [1.54, 1.807) is 11.3 Å². The van der Waals surface area contributed by atoms with Crippen LogP contribution in [0.25, 0.3) is 0 Å². The summed E-state index contributed by atoms with van der Waals surface area (Å²) in [6.45, 7) is 9.50. The van der Waals surface area contributed by atoms with Gasteiger partial charge < -0.3 is 5.32 Å². The third kappa shape index (κ3) is 4.12. The van der Waals surface area contributed by atoms with E-state index in [2.05, 4.69) is 60.5 Å². The van der Waals surface area contributed by atoms with Crippen molar-refractivity contribution < 1.29 is 0 Å². The lowest BCUT2D eigenvalue weighted by molar-refractivity contribution is 0.587. The summed E-state index contributed by atoms with van der Waals surface area (Å²) in [5, 5.41) is 5.54. The van der Waals surface area contributed by atoms with Crippen LogP contribution in [0, 0.1) is 13.8 Å². The SMILES string of the molecule is Cc1nc(Cc2cccs2)nc(C)c1CCNC(C)C. The number of aromatic nitrogens is 2. The lowest BCUT2D eigenvalue weighted by Gasteiger charge is -2.12. The van der Waals surface area contributed by atoms with E-state index in [0.29, 0.717) is 6.04 Å². The van der Waals surface area contributed by atoms with Crippen LogP contribution in [0.4, 0.5) is 0 Å². The average molecular weight is 289 g/mol. The van der Waals surface area contributed by atoms with Gasteiger partial charge in [-0.05, 0) is 43.8 Å². The quantitative estimate of drug-likeness (QED) is 0.887. The molecule has 20 heavy (non-hydrogen) atoms. The van der Waals surface area contributed by atoms with E-state index in [4.69, 9.17) is 0 Å². The molecule has 2 aromatic rings. The molecule has 0 aromatic carbocycles. The minimum Gasteiger partial charge on any atom is -0.314 e. The molecule has 0 fully saturated rings. The van der Waals surface area contributed by atoms with Crippen LogP contribution >= 0.6 is 11.3 Å². The van der Waals surface area contributed by atoms with E-state index in [0.717, 1.165) is 36.6 Å². The van der Waals surface area contributed by atoms with Crippen molar-refractivity contribution in [3.05, 3.63) is 45.2 Å². The van der Waals surface area contributed by atoms with Gasteiger partial charge in [-0.2, -0.15) is 0 Å². The molecule has 108 valence electrons. The van der Waals surface area contributed by atoms with Crippen LogP contribution in [-0.2, 0) is 12.8 Å². The van der Waals surface area contributed by atoms with E-state index in [1.165, 1.54) is 10.4 Å². The summed E-state index contributed by atoms with van der Waals surface area (Å²) in [5.74, 6) is 0.933. The Balaban J connectivity index is 2.08. The maximum absolute atomic E-state index is 4.67. The van der Waals surface area contributed by atoms with Gasteiger partial charge in [-0.1, -0.05) is 19.9 Å². The highest BCUT2D eigenvalue weighted by molar-refractivity contribution is 7.09. The van der Waals surface area contributed by atoms with Crippen molar-refractivity contribution in [1.82, 2.24) is 15.3 Å². The number of nitrogens with zero attached hydrogens (tertiary/aromatic N) is 2. The zero-order valence-electron chi connectivity index (χ0n) is 12.7. The first-order valence-electron chi connectivity index (χ1n) is 7.15. The topological polar surface area (TPSA) is 37.8 Å². The van der Waals surface area contributed by atoms with E-state index in [1.807, 2.05) is 0 Å². The predicted octanol–water partition coefficient (Wildman–Crippen LogP) is 3.29. The van der Waals surface area contributed by atoms with Crippen LogP contribution in [-0.4, -0.2) is 22.6 Å². The monoisotopic (exact) mass is 289 g/mol. The smallest absolute Gasteiger partial charge is 0.134 e. The predicted molar refractivity (Wildman–Crippen MR) is 85.5 cm³/mol. The molecule has 4 heteroatoms. The number of hydrogen-bond acceptors (Lipinski definition) is 4. The van der Waals surface area contributed by atoms with Gasteiger partial charge in [0.25, 0.3) is 0 Å². The van der Waals surface area contributed by atoms with Crippen molar-refractivity contribution in [2.24, 2.45) is 0 Å². The van der Waals surface area contributed by atoms with Gasteiger partial charge in [0.15, 0.2) is 0 Å². The third-order valence-electron chi connectivity index (χ3n) is 3.31. The van der Waals surface area contributed by atoms with Gasteiger partial charge in [0.1, 0.15) is 5.82 Å². The van der Waals surface area contributed by atoms with Gasteiger partial charge in [-0.15, -0.1) is 11.3 Å². The molecule has 3 nitrogen and oxygen atoms in total. The molecule has 0 saturated heterocycles. The normalized spacial score (nSPS) is 11.2. The summed E-state index contributed by atoms with van der Waals surface area (Å²) in [6, 6.07) is 4.74. The lowest BCUT2D eigenvalue weighted by Crippen LogP contribution is -2.25. The second kappa shape index (κ2) is 6.95. The van der Waals surface area contributed by atoms with Crippen molar-refractivity contribution >= 4 is 11.3 Å². The van der Waals surface area contributed by atoms with Crippen molar-refractivity contribution in [1.29, 1.82) is 0 Å². The summed E-state index contributed by atoms with van der Waals surface area (Å²) in [7, 11) is 0. The van der Waals surface area contributed by atoms with Gasteiger partial charge in [0, 0.05) is 28.7 Å². The van der Waals surface area contributed by atoms with Crippen LogP contribution in [0.5, 0.6) is 0 Å². The largest absolute Gasteiger partial charge is 0.314 e. The number of rotatable bonds is 6. The number of nitrogens with one attached hydrogen (secondary N) is 1. The molecule has 0 bridgehead atoms. The summed E-state index contributed by atoms with van der Waals surface area (Å²) in [5.41, 5.74) is 3.53. The average Bonchev–Trinajstić information content (AvgIpc) is 2.85. The summed E-state index contributed by atoms with van der Waals surface area (Å²) in [6.07, 6.45) is 1.83. The van der Waals surface area contributed by atoms with Gasteiger partial charge in [0.2, 0.25) is 0 Å². The van der Waals surface area contributed by atoms with E-state index < -0.39 is 0 Å². The Labute approximate surface area is 125 Å². The zero-order chi connectivity index (χ0) is 14.5. The standard InChI is InChI=1S/C16H23N3S/c1-11(2)17-8-7-15-12(3)18-16(19-13(15)4)10-14-6-5-9-20-14/h5-6,9,11,17H,7-8,10H2,1-4H3. The van der Waals surface area contributed by atoms with Crippen molar-refractivity contribution in [3.8, 4) is 0 Å². The molecule has 0 saturated carbocycles. The Kier molecular flexibility index (Phi) is 5.26. The summed E-state index contributed by atoms with van der Waals surface area (Å²) in [4.78, 5) is 10.7. The molecular formula is C16H23N3S. The Morgan fingerprint density at radius 2 is 1.90 bits per heavy atom. The lowest BCUT2D eigenvalue weighted by atomic mass is 10.1. The van der Waals surface area contributed by atoms with Crippen LogP contribution in [0.2, 0.25) is 0 Å². The zero-order valence-corrected chi connectivity index (χ0v) is 13.5. The first kappa shape index (κ1) is 15.1. The second-order valence-corrected chi connectivity index (χ2v) is 6.44. The molecule has 0 radical (unpaired) electrons. The highest BCUT2D eigenvalue weighted by Crippen LogP contribution is 2.16. The number of aryl methyl sites for hydroxylation is 2. The number of hydrogen-bond donors (Lipinski definition) is 1. The fourth-order valence-electron chi connectivity index (χ4n) is 2.30. The molecule has 1 N–H and O–H groups in total. The Morgan fingerprint density at radius 3 is 2.45 bits per heavy atom. The molecule has 0 aliphatic heterocycles.